The Bertz CT molecular complexity index is 452. The van der Waals surface area contributed by atoms with Gasteiger partial charge in [0.25, 0.3) is 0 Å². The van der Waals surface area contributed by atoms with E-state index in [1.165, 1.54) is 23.0 Å². The zero-order valence-electron chi connectivity index (χ0n) is 6.48. The summed E-state index contributed by atoms with van der Waals surface area (Å²) < 4.78 is 3.71. The van der Waals surface area contributed by atoms with Crippen molar-refractivity contribution in [3.8, 4) is 0 Å². The molecule has 0 saturated carbocycles. The normalized spacial score (nSPS) is 11.0. The molecule has 13 heavy (non-hydrogen) atoms. The fourth-order valence-corrected chi connectivity index (χ4v) is 3.39. The minimum absolute atomic E-state index is 0.600. The fourth-order valence-electron chi connectivity index (χ4n) is 1.17. The predicted molar refractivity (Wildman–Crippen MR) is 71.8 cm³/mol. The van der Waals surface area contributed by atoms with Crippen LogP contribution in [0.4, 0.5) is 0 Å². The van der Waals surface area contributed by atoms with Gasteiger partial charge in [0.1, 0.15) is 0 Å². The minimum Gasteiger partial charge on any atom is -0.139 e. The molecule has 68 valence electrons. The maximum Gasteiger partial charge on any atom is 0.0568 e. The number of hydrogen-bond donors (Lipinski definition) is 0. The van der Waals surface area contributed by atoms with Gasteiger partial charge in [-0.25, -0.2) is 0 Å². The van der Waals surface area contributed by atoms with E-state index in [4.69, 9.17) is 11.6 Å². The Morgan fingerprint density at radius 1 is 1.46 bits per heavy atom. The second-order valence-corrected chi connectivity index (χ2v) is 6.01. The van der Waals surface area contributed by atoms with Gasteiger partial charge in [-0.1, -0.05) is 0 Å². The molecule has 4 heteroatoms. The van der Waals surface area contributed by atoms with E-state index in [0.29, 0.717) is 5.88 Å². The summed E-state index contributed by atoms with van der Waals surface area (Å²) in [6.45, 7) is 0. The van der Waals surface area contributed by atoms with E-state index in [2.05, 4.69) is 56.7 Å². The van der Waals surface area contributed by atoms with Gasteiger partial charge < -0.3 is 0 Å². The molecule has 2 aromatic rings. The van der Waals surface area contributed by atoms with Gasteiger partial charge in [-0.2, -0.15) is 0 Å². The van der Waals surface area contributed by atoms with Gasteiger partial charge in [0.05, 0.1) is 5.88 Å². The van der Waals surface area contributed by atoms with E-state index in [9.17, 15) is 0 Å². The van der Waals surface area contributed by atoms with Crippen molar-refractivity contribution in [2.45, 2.75) is 5.88 Å². The van der Waals surface area contributed by atoms with E-state index >= 15 is 0 Å². The molecule has 2 rings (SSSR count). The molecule has 0 radical (unpaired) electrons. The highest BCUT2D eigenvalue weighted by molar-refractivity contribution is 14.1. The molecule has 1 heterocycles. The van der Waals surface area contributed by atoms with Gasteiger partial charge in [-0.3, -0.25) is 0 Å². The van der Waals surface area contributed by atoms with Crippen LogP contribution < -0.4 is 0 Å². The van der Waals surface area contributed by atoms with Crippen LogP contribution in [0.2, 0.25) is 0 Å². The Hall–Kier alpha value is 0.680. The molecule has 0 aliphatic rings. The van der Waals surface area contributed by atoms with Gasteiger partial charge in [-0.15, -0.1) is 22.9 Å². The van der Waals surface area contributed by atoms with Gasteiger partial charge in [0, 0.05) is 23.0 Å². The van der Waals surface area contributed by atoms with E-state index in [0.717, 1.165) is 0 Å². The second kappa shape index (κ2) is 4.04. The lowest BCUT2D eigenvalue weighted by atomic mass is 10.2. The van der Waals surface area contributed by atoms with Gasteiger partial charge >= 0.3 is 0 Å². The standard InChI is InChI=1S/C9H5BrClIS/c10-9-6-3-5(4-11)13-8(6)2-1-7(9)12/h1-3H,4H2. The van der Waals surface area contributed by atoms with Crippen LogP contribution in [0.25, 0.3) is 10.1 Å². The molecule has 0 fully saturated rings. The molecule has 0 aliphatic carbocycles. The molecule has 1 aromatic carbocycles. The smallest absolute Gasteiger partial charge is 0.0568 e. The van der Waals surface area contributed by atoms with E-state index in [-0.39, 0.29) is 0 Å². The molecule has 0 unspecified atom stereocenters. The number of hydrogen-bond acceptors (Lipinski definition) is 1. The van der Waals surface area contributed by atoms with E-state index < -0.39 is 0 Å². The zero-order valence-corrected chi connectivity index (χ0v) is 11.8. The third kappa shape index (κ3) is 1.89. The first-order valence-corrected chi connectivity index (χ1v) is 6.87. The number of rotatable bonds is 1. The molecule has 0 N–H and O–H groups in total. The Balaban J connectivity index is 2.76. The zero-order chi connectivity index (χ0) is 9.42. The molecule has 0 amide bonds. The summed E-state index contributed by atoms with van der Waals surface area (Å²) in [6.07, 6.45) is 0. The van der Waals surface area contributed by atoms with Crippen molar-refractivity contribution in [2.24, 2.45) is 0 Å². The van der Waals surface area contributed by atoms with Crippen molar-refractivity contribution in [3.63, 3.8) is 0 Å². The average molecular weight is 387 g/mol. The van der Waals surface area contributed by atoms with Crippen molar-refractivity contribution in [3.05, 3.63) is 31.1 Å². The molecule has 0 saturated heterocycles. The summed E-state index contributed by atoms with van der Waals surface area (Å²) in [7, 11) is 0. The molecule has 0 atom stereocenters. The second-order valence-electron chi connectivity index (χ2n) is 2.62. The van der Waals surface area contributed by atoms with Crippen molar-refractivity contribution >= 4 is 71.5 Å². The van der Waals surface area contributed by atoms with Crippen LogP contribution in [-0.4, -0.2) is 0 Å². The summed E-state index contributed by atoms with van der Waals surface area (Å²) in [4.78, 5) is 1.22. The molecular formula is C9H5BrClIS. The van der Waals surface area contributed by atoms with Crippen LogP contribution in [0.5, 0.6) is 0 Å². The van der Waals surface area contributed by atoms with Crippen LogP contribution in [0.1, 0.15) is 4.88 Å². The molecule has 0 nitrogen and oxygen atoms in total. The quantitative estimate of drug-likeness (QED) is 0.477. The summed E-state index contributed by atoms with van der Waals surface area (Å²) >= 11 is 13.4. The van der Waals surface area contributed by atoms with Crippen LogP contribution in [0, 0.1) is 3.57 Å². The number of halogens is 3. The highest BCUT2D eigenvalue weighted by Gasteiger charge is 2.06. The third-order valence-electron chi connectivity index (χ3n) is 1.77. The Morgan fingerprint density at radius 3 is 2.92 bits per heavy atom. The van der Waals surface area contributed by atoms with Crippen molar-refractivity contribution in [2.75, 3.05) is 0 Å². The lowest BCUT2D eigenvalue weighted by Crippen LogP contribution is -1.73. The predicted octanol–water partition coefficient (Wildman–Crippen LogP) is 5.01. The molecule has 0 spiro atoms. The minimum atomic E-state index is 0.600. The Labute approximate surface area is 108 Å². The Morgan fingerprint density at radius 2 is 2.23 bits per heavy atom. The number of fused-ring (bicyclic) bond motifs is 1. The number of alkyl halides is 1. The molecule has 0 bridgehead atoms. The van der Waals surface area contributed by atoms with Gasteiger partial charge in [-0.05, 0) is 56.7 Å². The van der Waals surface area contributed by atoms with Crippen LogP contribution in [-0.2, 0) is 5.88 Å². The Kier molecular flexibility index (Phi) is 3.18. The van der Waals surface area contributed by atoms with Crippen LogP contribution >= 0.6 is 61.5 Å². The first-order valence-electron chi connectivity index (χ1n) is 3.65. The summed E-state index contributed by atoms with van der Waals surface area (Å²) in [6, 6.07) is 6.41. The van der Waals surface area contributed by atoms with Crippen molar-refractivity contribution < 1.29 is 0 Å². The highest BCUT2D eigenvalue weighted by Crippen LogP contribution is 2.34. The molecule has 0 aliphatic heterocycles. The van der Waals surface area contributed by atoms with E-state index in [1.807, 2.05) is 0 Å². The number of benzene rings is 1. The first-order chi connectivity index (χ1) is 6.22. The average Bonchev–Trinajstić information content (AvgIpc) is 2.55. The summed E-state index contributed by atoms with van der Waals surface area (Å²) in [5, 5.41) is 1.27. The van der Waals surface area contributed by atoms with Crippen LogP contribution in [0.15, 0.2) is 22.7 Å². The van der Waals surface area contributed by atoms with Gasteiger partial charge in [0.2, 0.25) is 0 Å². The third-order valence-corrected chi connectivity index (χ3v) is 5.81. The largest absolute Gasteiger partial charge is 0.139 e. The molecule has 1 aromatic heterocycles. The number of thiophene rings is 1. The molecular weight excluding hydrogens is 382 g/mol. The monoisotopic (exact) mass is 386 g/mol. The van der Waals surface area contributed by atoms with Crippen molar-refractivity contribution in [1.82, 2.24) is 0 Å². The fraction of sp³-hybridized carbons (Fsp3) is 0.111. The van der Waals surface area contributed by atoms with E-state index in [1.54, 1.807) is 11.3 Å². The van der Waals surface area contributed by atoms with Crippen molar-refractivity contribution in [1.29, 1.82) is 0 Å². The maximum absolute atomic E-state index is 5.78. The van der Waals surface area contributed by atoms with Crippen LogP contribution in [0.3, 0.4) is 0 Å². The SMILES string of the molecule is ClCc1cc2c(Br)c(I)ccc2s1. The summed E-state index contributed by atoms with van der Waals surface area (Å²) in [5.74, 6) is 0.600. The maximum atomic E-state index is 5.78. The topological polar surface area (TPSA) is 0 Å². The van der Waals surface area contributed by atoms with Gasteiger partial charge in [0.15, 0.2) is 0 Å². The lowest BCUT2D eigenvalue weighted by Gasteiger charge is -1.95. The summed E-state index contributed by atoms with van der Waals surface area (Å²) in [5.41, 5.74) is 0. The highest BCUT2D eigenvalue weighted by atomic mass is 127. The lowest BCUT2D eigenvalue weighted by molar-refractivity contribution is 1.54. The first kappa shape index (κ1) is 10.2.